The number of halogens is 1. The number of hydrogen-bond donors (Lipinski definition) is 1. The summed E-state index contributed by atoms with van der Waals surface area (Å²) in [5.41, 5.74) is 1.27. The average molecular weight is 396 g/mol. The van der Waals surface area contributed by atoms with Crippen LogP contribution in [0.5, 0.6) is 11.5 Å². The van der Waals surface area contributed by atoms with Crippen LogP contribution in [0, 0.1) is 0 Å². The third-order valence-corrected chi connectivity index (χ3v) is 5.81. The monoisotopic (exact) mass is 395 g/mol. The second-order valence-corrected chi connectivity index (χ2v) is 9.30. The van der Waals surface area contributed by atoms with Crippen molar-refractivity contribution in [2.75, 3.05) is 17.9 Å². The van der Waals surface area contributed by atoms with E-state index in [1.165, 1.54) is 0 Å². The van der Waals surface area contributed by atoms with Gasteiger partial charge in [0.2, 0.25) is 0 Å². The lowest BCUT2D eigenvalue weighted by molar-refractivity contribution is 0.297. The maximum atomic E-state index is 12.7. The molecule has 1 N–H and O–H groups in total. The van der Waals surface area contributed by atoms with Gasteiger partial charge in [-0.25, -0.2) is 8.42 Å². The standard InChI is InChI=1S/C19H22ClNO4S/c1-19(2,3)13-5-7-14(8-6-13)26(22,23)21-16-12-18-17(11-15(16)20)24-9-4-10-25-18/h5-8,11-12,21H,4,9-10H2,1-3H3. The molecule has 0 aliphatic carbocycles. The van der Waals surface area contributed by atoms with Crippen LogP contribution in [0.25, 0.3) is 0 Å². The van der Waals surface area contributed by atoms with E-state index in [-0.39, 0.29) is 21.0 Å². The van der Waals surface area contributed by atoms with Crippen LogP contribution in [0.3, 0.4) is 0 Å². The number of sulfonamides is 1. The molecule has 3 rings (SSSR count). The summed E-state index contributed by atoms with van der Waals surface area (Å²) >= 11 is 6.23. The molecule has 0 fully saturated rings. The number of nitrogens with one attached hydrogen (secondary N) is 1. The number of anilines is 1. The van der Waals surface area contributed by atoms with Gasteiger partial charge in [-0.3, -0.25) is 4.72 Å². The fourth-order valence-electron chi connectivity index (χ4n) is 2.60. The van der Waals surface area contributed by atoms with Crippen LogP contribution < -0.4 is 14.2 Å². The Bertz CT molecular complexity index is 902. The lowest BCUT2D eigenvalue weighted by Gasteiger charge is -2.19. The summed E-state index contributed by atoms with van der Waals surface area (Å²) in [7, 11) is -3.76. The van der Waals surface area contributed by atoms with Crippen LogP contribution in [0.2, 0.25) is 5.02 Å². The van der Waals surface area contributed by atoms with E-state index in [1.54, 1.807) is 24.3 Å². The summed E-state index contributed by atoms with van der Waals surface area (Å²) in [6.45, 7) is 7.27. The van der Waals surface area contributed by atoms with E-state index in [0.717, 1.165) is 12.0 Å². The van der Waals surface area contributed by atoms with Gasteiger partial charge < -0.3 is 9.47 Å². The minimum Gasteiger partial charge on any atom is -0.490 e. The van der Waals surface area contributed by atoms with E-state index < -0.39 is 10.0 Å². The number of ether oxygens (including phenoxy) is 2. The number of rotatable bonds is 3. The molecule has 0 saturated heterocycles. The van der Waals surface area contributed by atoms with Crippen molar-refractivity contribution in [1.29, 1.82) is 0 Å². The summed E-state index contributed by atoms with van der Waals surface area (Å²) in [6, 6.07) is 9.97. The summed E-state index contributed by atoms with van der Waals surface area (Å²) in [4.78, 5) is 0.175. The normalized spacial score (nSPS) is 14.6. The Morgan fingerprint density at radius 2 is 1.58 bits per heavy atom. The topological polar surface area (TPSA) is 64.6 Å². The van der Waals surface area contributed by atoms with Gasteiger partial charge in [0, 0.05) is 18.6 Å². The van der Waals surface area contributed by atoms with Crippen molar-refractivity contribution in [2.45, 2.75) is 37.5 Å². The first kappa shape index (κ1) is 18.9. The lowest BCUT2D eigenvalue weighted by atomic mass is 9.87. The first-order chi connectivity index (χ1) is 12.2. The molecular weight excluding hydrogens is 374 g/mol. The largest absolute Gasteiger partial charge is 0.490 e. The Morgan fingerprint density at radius 3 is 2.15 bits per heavy atom. The molecule has 0 atom stereocenters. The first-order valence-electron chi connectivity index (χ1n) is 8.39. The summed E-state index contributed by atoms with van der Waals surface area (Å²) < 4.78 is 39.1. The predicted molar refractivity (Wildman–Crippen MR) is 103 cm³/mol. The molecule has 0 saturated carbocycles. The summed E-state index contributed by atoms with van der Waals surface area (Å²) in [5, 5.41) is 0.254. The summed E-state index contributed by atoms with van der Waals surface area (Å²) in [6.07, 6.45) is 0.757. The van der Waals surface area contributed by atoms with Gasteiger partial charge in [-0.15, -0.1) is 0 Å². The molecule has 0 spiro atoms. The van der Waals surface area contributed by atoms with E-state index in [2.05, 4.69) is 25.5 Å². The Kier molecular flexibility index (Phi) is 5.08. The number of benzene rings is 2. The zero-order chi connectivity index (χ0) is 18.9. The van der Waals surface area contributed by atoms with Crippen molar-refractivity contribution >= 4 is 27.3 Å². The van der Waals surface area contributed by atoms with E-state index in [4.69, 9.17) is 21.1 Å². The molecular formula is C19H22ClNO4S. The van der Waals surface area contributed by atoms with Crippen LogP contribution in [0.15, 0.2) is 41.3 Å². The zero-order valence-electron chi connectivity index (χ0n) is 15.0. The van der Waals surface area contributed by atoms with Crippen LogP contribution >= 0.6 is 11.6 Å². The average Bonchev–Trinajstić information content (AvgIpc) is 2.79. The van der Waals surface area contributed by atoms with Gasteiger partial charge in [0.25, 0.3) is 10.0 Å². The van der Waals surface area contributed by atoms with Gasteiger partial charge >= 0.3 is 0 Å². The Hall–Kier alpha value is -1.92. The van der Waals surface area contributed by atoms with Crippen LogP contribution in [-0.2, 0) is 15.4 Å². The van der Waals surface area contributed by atoms with Crippen molar-refractivity contribution in [2.24, 2.45) is 0 Å². The predicted octanol–water partition coefficient (Wildman–Crippen LogP) is 4.60. The molecule has 26 heavy (non-hydrogen) atoms. The quantitative estimate of drug-likeness (QED) is 0.824. The Balaban J connectivity index is 1.89. The van der Waals surface area contributed by atoms with Crippen molar-refractivity contribution in [1.82, 2.24) is 0 Å². The molecule has 0 aromatic heterocycles. The summed E-state index contributed by atoms with van der Waals surface area (Å²) in [5.74, 6) is 0.998. The SMILES string of the molecule is CC(C)(C)c1ccc(S(=O)(=O)Nc2cc3c(cc2Cl)OCCCO3)cc1. The third-order valence-electron chi connectivity index (χ3n) is 4.11. The molecule has 7 heteroatoms. The minimum absolute atomic E-state index is 0.0482. The van der Waals surface area contributed by atoms with Gasteiger partial charge in [0.1, 0.15) is 0 Å². The number of hydrogen-bond acceptors (Lipinski definition) is 4. The highest BCUT2D eigenvalue weighted by atomic mass is 35.5. The molecule has 1 aliphatic heterocycles. The molecule has 5 nitrogen and oxygen atoms in total. The van der Waals surface area contributed by atoms with Crippen molar-refractivity contribution in [3.05, 3.63) is 47.0 Å². The molecule has 0 amide bonds. The van der Waals surface area contributed by atoms with Gasteiger partial charge in [0.15, 0.2) is 11.5 Å². The second kappa shape index (κ2) is 7.00. The van der Waals surface area contributed by atoms with Gasteiger partial charge in [0.05, 0.1) is 28.8 Å². The molecule has 1 heterocycles. The van der Waals surface area contributed by atoms with Crippen LogP contribution in [0.1, 0.15) is 32.8 Å². The van der Waals surface area contributed by atoms with Crippen LogP contribution in [0.4, 0.5) is 5.69 Å². The molecule has 140 valence electrons. The molecule has 2 aromatic carbocycles. The highest BCUT2D eigenvalue weighted by molar-refractivity contribution is 7.92. The zero-order valence-corrected chi connectivity index (χ0v) is 16.6. The van der Waals surface area contributed by atoms with Crippen LogP contribution in [-0.4, -0.2) is 21.6 Å². The third kappa shape index (κ3) is 4.07. The van der Waals surface area contributed by atoms with E-state index in [1.807, 2.05) is 12.1 Å². The lowest BCUT2D eigenvalue weighted by Crippen LogP contribution is -2.15. The number of fused-ring (bicyclic) bond motifs is 1. The Morgan fingerprint density at radius 1 is 1.00 bits per heavy atom. The molecule has 1 aliphatic rings. The van der Waals surface area contributed by atoms with E-state index >= 15 is 0 Å². The second-order valence-electron chi connectivity index (χ2n) is 7.21. The maximum absolute atomic E-state index is 12.7. The Labute approximate surface area is 159 Å². The molecule has 0 unspecified atom stereocenters. The fraction of sp³-hybridized carbons (Fsp3) is 0.368. The van der Waals surface area contributed by atoms with Crippen molar-refractivity contribution in [3.8, 4) is 11.5 Å². The molecule has 0 radical (unpaired) electrons. The minimum atomic E-state index is -3.76. The van der Waals surface area contributed by atoms with Crippen molar-refractivity contribution in [3.63, 3.8) is 0 Å². The van der Waals surface area contributed by atoms with Gasteiger partial charge in [-0.05, 0) is 23.1 Å². The van der Waals surface area contributed by atoms with E-state index in [9.17, 15) is 8.42 Å². The van der Waals surface area contributed by atoms with Gasteiger partial charge in [-0.2, -0.15) is 0 Å². The maximum Gasteiger partial charge on any atom is 0.261 e. The van der Waals surface area contributed by atoms with Gasteiger partial charge in [-0.1, -0.05) is 44.5 Å². The van der Waals surface area contributed by atoms with E-state index in [0.29, 0.717) is 24.7 Å². The first-order valence-corrected chi connectivity index (χ1v) is 10.3. The molecule has 2 aromatic rings. The van der Waals surface area contributed by atoms with Crippen molar-refractivity contribution < 1.29 is 17.9 Å². The smallest absolute Gasteiger partial charge is 0.261 e. The molecule has 0 bridgehead atoms. The highest BCUT2D eigenvalue weighted by Crippen LogP contribution is 2.38. The fourth-order valence-corrected chi connectivity index (χ4v) is 3.93. The highest BCUT2D eigenvalue weighted by Gasteiger charge is 2.21.